The summed E-state index contributed by atoms with van der Waals surface area (Å²) in [6, 6.07) is 17.2. The molecule has 26 heavy (non-hydrogen) atoms. The summed E-state index contributed by atoms with van der Waals surface area (Å²) in [4.78, 5) is 31.1. The summed E-state index contributed by atoms with van der Waals surface area (Å²) in [5.41, 5.74) is 2.48. The van der Waals surface area contributed by atoms with Crippen LogP contribution in [0.3, 0.4) is 0 Å². The van der Waals surface area contributed by atoms with Crippen molar-refractivity contribution in [3.63, 3.8) is 0 Å². The van der Waals surface area contributed by atoms with Gasteiger partial charge in [0.1, 0.15) is 9.88 Å². The van der Waals surface area contributed by atoms with Gasteiger partial charge in [0.15, 0.2) is 0 Å². The van der Waals surface area contributed by atoms with Gasteiger partial charge in [-0.1, -0.05) is 36.4 Å². The van der Waals surface area contributed by atoms with E-state index in [9.17, 15) is 9.59 Å². The van der Waals surface area contributed by atoms with Gasteiger partial charge in [-0.25, -0.2) is 4.98 Å². The van der Waals surface area contributed by atoms with Crippen molar-refractivity contribution in [3.8, 4) is 10.6 Å². The second-order valence-electron chi connectivity index (χ2n) is 6.05. The van der Waals surface area contributed by atoms with Crippen LogP contribution in [-0.4, -0.2) is 23.3 Å². The van der Waals surface area contributed by atoms with Crippen LogP contribution in [0.4, 0.5) is 11.4 Å². The third-order valence-electron chi connectivity index (χ3n) is 4.24. The molecule has 2 aromatic carbocycles. The zero-order valence-corrected chi connectivity index (χ0v) is 14.8. The highest BCUT2D eigenvalue weighted by molar-refractivity contribution is 7.17. The van der Waals surface area contributed by atoms with Crippen LogP contribution in [-0.2, 0) is 4.79 Å². The average Bonchev–Trinajstić information content (AvgIpc) is 3.32. The lowest BCUT2D eigenvalue weighted by molar-refractivity contribution is -0.117. The van der Waals surface area contributed by atoms with Crippen molar-refractivity contribution in [3.05, 3.63) is 65.7 Å². The lowest BCUT2D eigenvalue weighted by Gasteiger charge is -2.16. The summed E-state index contributed by atoms with van der Waals surface area (Å²) in [5, 5.41) is 3.71. The molecule has 130 valence electrons. The van der Waals surface area contributed by atoms with Crippen molar-refractivity contribution < 1.29 is 9.59 Å². The fourth-order valence-corrected chi connectivity index (χ4v) is 3.78. The van der Waals surface area contributed by atoms with Gasteiger partial charge in [-0.05, 0) is 24.6 Å². The summed E-state index contributed by atoms with van der Waals surface area (Å²) >= 11 is 1.36. The first-order valence-electron chi connectivity index (χ1n) is 8.44. The Morgan fingerprint density at radius 2 is 1.96 bits per heavy atom. The van der Waals surface area contributed by atoms with Crippen molar-refractivity contribution in [2.75, 3.05) is 16.8 Å². The second-order valence-corrected chi connectivity index (χ2v) is 7.08. The van der Waals surface area contributed by atoms with Crippen LogP contribution < -0.4 is 10.2 Å². The Kier molecular flexibility index (Phi) is 4.50. The van der Waals surface area contributed by atoms with E-state index < -0.39 is 0 Å². The van der Waals surface area contributed by atoms with Crippen LogP contribution in [0.1, 0.15) is 22.5 Å². The minimum Gasteiger partial charge on any atom is -0.321 e. The minimum absolute atomic E-state index is 0.128. The standard InChI is InChI=1S/C20H17N3O2S/c24-18-10-5-11-23(18)16-9-4-8-15(12-16)22-19(25)17-13-21-20(26-17)14-6-2-1-3-7-14/h1-4,6-9,12-13H,5,10-11H2,(H,22,25). The van der Waals surface area contributed by atoms with E-state index in [0.717, 1.165) is 29.2 Å². The van der Waals surface area contributed by atoms with E-state index in [1.165, 1.54) is 11.3 Å². The van der Waals surface area contributed by atoms with E-state index in [1.54, 1.807) is 11.1 Å². The fourth-order valence-electron chi connectivity index (χ4n) is 2.96. The summed E-state index contributed by atoms with van der Waals surface area (Å²) in [7, 11) is 0. The van der Waals surface area contributed by atoms with E-state index in [1.807, 2.05) is 54.6 Å². The Morgan fingerprint density at radius 3 is 2.73 bits per heavy atom. The molecule has 4 rings (SSSR count). The molecule has 5 nitrogen and oxygen atoms in total. The largest absolute Gasteiger partial charge is 0.321 e. The number of hydrogen-bond donors (Lipinski definition) is 1. The van der Waals surface area contributed by atoms with Gasteiger partial charge in [0.2, 0.25) is 5.91 Å². The van der Waals surface area contributed by atoms with Crippen LogP contribution in [0, 0.1) is 0 Å². The van der Waals surface area contributed by atoms with E-state index in [0.29, 0.717) is 17.0 Å². The fraction of sp³-hybridized carbons (Fsp3) is 0.150. The zero-order chi connectivity index (χ0) is 17.9. The number of benzene rings is 2. The Morgan fingerprint density at radius 1 is 1.12 bits per heavy atom. The second kappa shape index (κ2) is 7.09. The lowest BCUT2D eigenvalue weighted by atomic mass is 10.2. The van der Waals surface area contributed by atoms with Crippen molar-refractivity contribution >= 4 is 34.5 Å². The van der Waals surface area contributed by atoms with Crippen LogP contribution >= 0.6 is 11.3 Å². The molecule has 1 fully saturated rings. The van der Waals surface area contributed by atoms with Crippen LogP contribution in [0.25, 0.3) is 10.6 Å². The molecule has 1 aromatic heterocycles. The van der Waals surface area contributed by atoms with Crippen LogP contribution in [0.5, 0.6) is 0 Å². The molecule has 0 unspecified atom stereocenters. The summed E-state index contributed by atoms with van der Waals surface area (Å²) in [6.07, 6.45) is 3.05. The molecule has 6 heteroatoms. The number of nitrogens with zero attached hydrogens (tertiary/aromatic N) is 2. The Hall–Kier alpha value is -2.99. The minimum atomic E-state index is -0.199. The van der Waals surface area contributed by atoms with Gasteiger partial charge in [-0.15, -0.1) is 11.3 Å². The number of rotatable bonds is 4. The van der Waals surface area contributed by atoms with E-state index in [4.69, 9.17) is 0 Å². The molecule has 0 spiro atoms. The van der Waals surface area contributed by atoms with Crippen molar-refractivity contribution in [1.82, 2.24) is 4.98 Å². The number of aromatic nitrogens is 1. The highest BCUT2D eigenvalue weighted by Gasteiger charge is 2.22. The number of thiazole rings is 1. The molecule has 0 saturated carbocycles. The predicted molar refractivity (Wildman–Crippen MR) is 104 cm³/mol. The van der Waals surface area contributed by atoms with E-state index in [2.05, 4.69) is 10.3 Å². The average molecular weight is 363 g/mol. The summed E-state index contributed by atoms with van der Waals surface area (Å²) in [5.74, 6) is -0.0713. The number of carbonyl (C=O) groups is 2. The van der Waals surface area contributed by atoms with Gasteiger partial charge in [0.25, 0.3) is 5.91 Å². The van der Waals surface area contributed by atoms with Crippen LogP contribution in [0.15, 0.2) is 60.8 Å². The number of carbonyl (C=O) groups excluding carboxylic acids is 2. The molecular weight excluding hydrogens is 346 g/mol. The van der Waals surface area contributed by atoms with Crippen molar-refractivity contribution in [1.29, 1.82) is 0 Å². The molecule has 1 saturated heterocycles. The number of amides is 2. The number of hydrogen-bond acceptors (Lipinski definition) is 4. The Labute approximate surface area is 155 Å². The molecule has 0 aliphatic carbocycles. The summed E-state index contributed by atoms with van der Waals surface area (Å²) in [6.45, 7) is 0.728. The topological polar surface area (TPSA) is 62.3 Å². The Balaban J connectivity index is 1.50. The number of nitrogens with one attached hydrogen (secondary N) is 1. The first-order chi connectivity index (χ1) is 12.7. The monoisotopic (exact) mass is 363 g/mol. The van der Waals surface area contributed by atoms with Gasteiger partial charge in [-0.3, -0.25) is 9.59 Å². The SMILES string of the molecule is O=C(Nc1cccc(N2CCCC2=O)c1)c1cnc(-c2ccccc2)s1. The molecule has 0 bridgehead atoms. The molecule has 2 heterocycles. The smallest absolute Gasteiger partial charge is 0.267 e. The molecule has 3 aromatic rings. The molecule has 1 N–H and O–H groups in total. The maximum absolute atomic E-state index is 12.5. The Bertz CT molecular complexity index is 952. The van der Waals surface area contributed by atoms with Gasteiger partial charge < -0.3 is 10.2 Å². The van der Waals surface area contributed by atoms with Gasteiger partial charge in [0, 0.05) is 29.9 Å². The highest BCUT2D eigenvalue weighted by Crippen LogP contribution is 2.27. The van der Waals surface area contributed by atoms with Crippen molar-refractivity contribution in [2.45, 2.75) is 12.8 Å². The third kappa shape index (κ3) is 3.36. The first kappa shape index (κ1) is 16.5. The molecule has 2 amide bonds. The molecule has 0 radical (unpaired) electrons. The van der Waals surface area contributed by atoms with Crippen LogP contribution in [0.2, 0.25) is 0 Å². The van der Waals surface area contributed by atoms with E-state index >= 15 is 0 Å². The zero-order valence-electron chi connectivity index (χ0n) is 14.0. The summed E-state index contributed by atoms with van der Waals surface area (Å²) < 4.78 is 0. The normalized spacial score (nSPS) is 13.8. The van der Waals surface area contributed by atoms with Gasteiger partial charge >= 0.3 is 0 Å². The molecule has 1 aliphatic rings. The highest BCUT2D eigenvalue weighted by atomic mass is 32.1. The quantitative estimate of drug-likeness (QED) is 0.756. The van der Waals surface area contributed by atoms with Gasteiger partial charge in [-0.2, -0.15) is 0 Å². The van der Waals surface area contributed by atoms with Gasteiger partial charge in [0.05, 0.1) is 6.20 Å². The maximum atomic E-state index is 12.5. The van der Waals surface area contributed by atoms with E-state index in [-0.39, 0.29) is 11.8 Å². The maximum Gasteiger partial charge on any atom is 0.267 e. The third-order valence-corrected chi connectivity index (χ3v) is 5.28. The molecular formula is C20H17N3O2S. The molecule has 0 atom stereocenters. The predicted octanol–water partition coefficient (Wildman–Crippen LogP) is 4.19. The number of anilines is 2. The first-order valence-corrected chi connectivity index (χ1v) is 9.25. The lowest BCUT2D eigenvalue weighted by Crippen LogP contribution is -2.23. The van der Waals surface area contributed by atoms with Crippen molar-refractivity contribution in [2.24, 2.45) is 0 Å². The molecule has 1 aliphatic heterocycles.